The topological polar surface area (TPSA) is 52.6 Å². The van der Waals surface area contributed by atoms with E-state index in [1.165, 1.54) is 0 Å². The third kappa shape index (κ3) is 4.79. The molecule has 1 heterocycles. The lowest BCUT2D eigenvalue weighted by molar-refractivity contribution is 0.00157. The van der Waals surface area contributed by atoms with Crippen molar-refractivity contribution in [3.63, 3.8) is 0 Å². The Morgan fingerprint density at radius 2 is 1.95 bits per heavy atom. The van der Waals surface area contributed by atoms with E-state index in [1.807, 2.05) is 0 Å². The zero-order valence-corrected chi connectivity index (χ0v) is 12.7. The summed E-state index contributed by atoms with van der Waals surface area (Å²) in [7, 11) is 1.60. The van der Waals surface area contributed by atoms with Crippen molar-refractivity contribution in [2.45, 2.75) is 12.8 Å². The summed E-state index contributed by atoms with van der Waals surface area (Å²) in [6.07, 6.45) is 0.853. The Kier molecular flexibility index (Phi) is 5.06. The van der Waals surface area contributed by atoms with Gasteiger partial charge in [0.15, 0.2) is 11.6 Å². The van der Waals surface area contributed by atoms with Crippen molar-refractivity contribution in [2.24, 2.45) is 5.41 Å². The van der Waals surface area contributed by atoms with Crippen LogP contribution in [-0.4, -0.2) is 34.0 Å². The predicted molar refractivity (Wildman–Crippen MR) is 74.0 cm³/mol. The Labute approximate surface area is 126 Å². The van der Waals surface area contributed by atoms with E-state index < -0.39 is 26.1 Å². The van der Waals surface area contributed by atoms with E-state index in [0.717, 1.165) is 18.2 Å². The highest BCUT2D eigenvalue weighted by Crippen LogP contribution is 2.34. The first-order valence-electron chi connectivity index (χ1n) is 6.38. The van der Waals surface area contributed by atoms with Gasteiger partial charge in [-0.25, -0.2) is 17.2 Å². The Bertz CT molecular complexity index is 600. The van der Waals surface area contributed by atoms with Crippen LogP contribution in [0.4, 0.5) is 8.78 Å². The number of hydrogen-bond donors (Lipinski definition) is 0. The minimum Gasteiger partial charge on any atom is -0.490 e. The maximum Gasteiger partial charge on any atom is 0.233 e. The van der Waals surface area contributed by atoms with E-state index in [1.54, 1.807) is 0 Å². The van der Waals surface area contributed by atoms with E-state index in [-0.39, 0.29) is 18.1 Å². The Balaban J connectivity index is 2.14. The van der Waals surface area contributed by atoms with Crippen LogP contribution < -0.4 is 4.74 Å². The molecule has 4 nitrogen and oxygen atoms in total. The fraction of sp³-hybridized carbons (Fsp3) is 0.538. The second-order valence-corrected chi connectivity index (χ2v) is 7.94. The summed E-state index contributed by atoms with van der Waals surface area (Å²) in [5.41, 5.74) is -0.752. The molecule has 21 heavy (non-hydrogen) atoms. The summed E-state index contributed by atoms with van der Waals surface area (Å²) in [4.78, 5) is 0. The molecular weight excluding hydrogens is 326 g/mol. The van der Waals surface area contributed by atoms with E-state index in [4.69, 9.17) is 20.2 Å². The summed E-state index contributed by atoms with van der Waals surface area (Å²) < 4.78 is 59.9. The maximum absolute atomic E-state index is 13.5. The van der Waals surface area contributed by atoms with Gasteiger partial charge >= 0.3 is 0 Å². The molecule has 1 aromatic carbocycles. The number of benzene rings is 1. The molecule has 0 N–H and O–H groups in total. The minimum atomic E-state index is -3.74. The molecule has 0 atom stereocenters. The molecular formula is C13H15ClF2O4S. The Hall–Kier alpha value is -0.920. The van der Waals surface area contributed by atoms with Gasteiger partial charge in [0.25, 0.3) is 0 Å². The van der Waals surface area contributed by atoms with Crippen molar-refractivity contribution in [1.29, 1.82) is 0 Å². The number of rotatable bonds is 5. The molecule has 0 saturated carbocycles. The van der Waals surface area contributed by atoms with Crippen LogP contribution in [-0.2, 0) is 13.8 Å². The zero-order chi connectivity index (χ0) is 15.5. The third-order valence-electron chi connectivity index (χ3n) is 3.46. The lowest BCUT2D eigenvalue weighted by atomic mass is 9.83. The lowest BCUT2D eigenvalue weighted by Crippen LogP contribution is -2.40. The normalized spacial score (nSPS) is 18.4. The summed E-state index contributed by atoms with van der Waals surface area (Å²) >= 11 is 0. The van der Waals surface area contributed by atoms with Gasteiger partial charge in [-0.15, -0.1) is 0 Å². The van der Waals surface area contributed by atoms with Crippen molar-refractivity contribution in [3.8, 4) is 5.75 Å². The first-order valence-corrected chi connectivity index (χ1v) is 8.86. The quantitative estimate of drug-likeness (QED) is 0.773. The molecule has 1 aromatic rings. The van der Waals surface area contributed by atoms with Crippen LogP contribution in [0.15, 0.2) is 18.2 Å². The Morgan fingerprint density at radius 3 is 2.57 bits per heavy atom. The molecule has 0 spiro atoms. The summed E-state index contributed by atoms with van der Waals surface area (Å²) in [6.45, 7) is 0.686. The molecule has 1 fully saturated rings. The van der Waals surface area contributed by atoms with Crippen LogP contribution in [0.25, 0.3) is 0 Å². The van der Waals surface area contributed by atoms with Crippen molar-refractivity contribution in [2.75, 3.05) is 25.6 Å². The molecule has 1 aliphatic rings. The van der Waals surface area contributed by atoms with Crippen LogP contribution in [0, 0.1) is 17.0 Å². The van der Waals surface area contributed by atoms with Crippen LogP contribution >= 0.6 is 10.7 Å². The van der Waals surface area contributed by atoms with E-state index in [9.17, 15) is 17.2 Å². The van der Waals surface area contributed by atoms with Gasteiger partial charge < -0.3 is 9.47 Å². The van der Waals surface area contributed by atoms with Gasteiger partial charge in [0.2, 0.25) is 9.05 Å². The Morgan fingerprint density at radius 1 is 1.29 bits per heavy atom. The molecule has 0 unspecified atom stereocenters. The highest BCUT2D eigenvalue weighted by Gasteiger charge is 2.38. The van der Waals surface area contributed by atoms with Crippen LogP contribution in [0.2, 0.25) is 0 Å². The van der Waals surface area contributed by atoms with Crippen molar-refractivity contribution < 1.29 is 26.7 Å². The van der Waals surface area contributed by atoms with Crippen LogP contribution in [0.3, 0.4) is 0 Å². The fourth-order valence-electron chi connectivity index (χ4n) is 2.32. The van der Waals surface area contributed by atoms with Crippen molar-refractivity contribution in [3.05, 3.63) is 29.8 Å². The molecule has 0 aliphatic carbocycles. The standard InChI is InChI=1S/C13H15ClF2O4S/c14-21(17,18)9-13(3-5-19-6-4-13)8-20-12-7-10(15)1-2-11(12)16/h1-2,7H,3-6,8-9H2. The summed E-state index contributed by atoms with van der Waals surface area (Å²) in [5.74, 6) is -1.86. The summed E-state index contributed by atoms with van der Waals surface area (Å²) in [5, 5.41) is 0. The average molecular weight is 341 g/mol. The highest BCUT2D eigenvalue weighted by atomic mass is 35.7. The second kappa shape index (κ2) is 6.46. The molecule has 8 heteroatoms. The molecule has 0 aromatic heterocycles. The number of halogens is 3. The maximum atomic E-state index is 13.5. The SMILES string of the molecule is O=S(=O)(Cl)CC1(COc2cc(F)ccc2F)CCOCC1. The number of hydrogen-bond acceptors (Lipinski definition) is 4. The van der Waals surface area contributed by atoms with E-state index in [0.29, 0.717) is 26.1 Å². The second-order valence-electron chi connectivity index (χ2n) is 5.16. The van der Waals surface area contributed by atoms with Crippen molar-refractivity contribution >= 4 is 19.7 Å². The minimum absolute atomic E-state index is 0.0668. The molecule has 2 rings (SSSR count). The van der Waals surface area contributed by atoms with Crippen molar-refractivity contribution in [1.82, 2.24) is 0 Å². The van der Waals surface area contributed by atoms with E-state index >= 15 is 0 Å². The first kappa shape index (κ1) is 16.5. The molecule has 1 aliphatic heterocycles. The largest absolute Gasteiger partial charge is 0.490 e. The molecule has 0 radical (unpaired) electrons. The van der Waals surface area contributed by atoms with Crippen LogP contribution in [0.5, 0.6) is 5.75 Å². The lowest BCUT2D eigenvalue weighted by Gasteiger charge is -2.35. The van der Waals surface area contributed by atoms with Crippen LogP contribution in [0.1, 0.15) is 12.8 Å². The van der Waals surface area contributed by atoms with Gasteiger partial charge in [-0.05, 0) is 25.0 Å². The molecule has 118 valence electrons. The van der Waals surface area contributed by atoms with Gasteiger partial charge in [0.05, 0.1) is 12.4 Å². The average Bonchev–Trinajstić information content (AvgIpc) is 2.39. The molecule has 0 amide bonds. The molecule has 1 saturated heterocycles. The summed E-state index contributed by atoms with van der Waals surface area (Å²) in [6, 6.07) is 2.87. The molecule has 0 bridgehead atoms. The monoisotopic (exact) mass is 340 g/mol. The first-order chi connectivity index (χ1) is 9.80. The van der Waals surface area contributed by atoms with Gasteiger partial charge in [-0.2, -0.15) is 0 Å². The van der Waals surface area contributed by atoms with E-state index in [2.05, 4.69) is 0 Å². The highest BCUT2D eigenvalue weighted by molar-refractivity contribution is 8.13. The van der Waals surface area contributed by atoms with Gasteiger partial charge in [-0.1, -0.05) is 0 Å². The third-order valence-corrected chi connectivity index (χ3v) is 4.74. The number of ether oxygens (including phenoxy) is 2. The smallest absolute Gasteiger partial charge is 0.233 e. The van der Waals surface area contributed by atoms with Gasteiger partial charge in [-0.3, -0.25) is 0 Å². The fourth-order valence-corrected chi connectivity index (χ4v) is 4.12. The van der Waals surface area contributed by atoms with Gasteiger partial charge in [0.1, 0.15) is 5.82 Å². The zero-order valence-electron chi connectivity index (χ0n) is 11.1. The van der Waals surface area contributed by atoms with Gasteiger partial charge in [0, 0.05) is 35.4 Å². The predicted octanol–water partition coefficient (Wildman–Crippen LogP) is 2.71.